The first-order valence-corrected chi connectivity index (χ1v) is 8.09. The lowest BCUT2D eigenvalue weighted by Crippen LogP contribution is -2.01. The molecule has 3 aromatic rings. The van der Waals surface area contributed by atoms with Crippen molar-refractivity contribution in [2.45, 2.75) is 6.61 Å². The summed E-state index contributed by atoms with van der Waals surface area (Å²) < 4.78 is 18.9. The Morgan fingerprint density at radius 2 is 2.04 bits per heavy atom. The number of carboxylic acid groups (broad SMARTS) is 1. The van der Waals surface area contributed by atoms with Crippen LogP contribution in [0.15, 0.2) is 48.5 Å². The molecular weight excluding hydrogens is 353 g/mol. The summed E-state index contributed by atoms with van der Waals surface area (Å²) in [5, 5.41) is 10.3. The van der Waals surface area contributed by atoms with Gasteiger partial charge in [0.25, 0.3) is 0 Å². The van der Waals surface area contributed by atoms with E-state index in [2.05, 4.69) is 4.98 Å². The average Bonchev–Trinajstić information content (AvgIpc) is 2.97. The maximum atomic E-state index is 13.3. The van der Waals surface area contributed by atoms with Crippen LogP contribution in [0.25, 0.3) is 10.6 Å². The average molecular weight is 364 g/mol. The number of aromatic carboxylic acids is 1. The van der Waals surface area contributed by atoms with E-state index in [4.69, 9.17) is 16.3 Å². The Morgan fingerprint density at radius 3 is 2.75 bits per heavy atom. The molecule has 0 fully saturated rings. The van der Waals surface area contributed by atoms with Gasteiger partial charge >= 0.3 is 5.97 Å². The Labute approximate surface area is 146 Å². The van der Waals surface area contributed by atoms with Crippen molar-refractivity contribution in [2.75, 3.05) is 0 Å². The van der Waals surface area contributed by atoms with Crippen molar-refractivity contribution in [1.82, 2.24) is 4.98 Å². The van der Waals surface area contributed by atoms with E-state index in [1.54, 1.807) is 30.3 Å². The monoisotopic (exact) mass is 363 g/mol. The molecule has 0 aliphatic carbocycles. The molecule has 2 aromatic carbocycles. The summed E-state index contributed by atoms with van der Waals surface area (Å²) in [5.74, 6) is -1.55. The third-order valence-electron chi connectivity index (χ3n) is 3.13. The van der Waals surface area contributed by atoms with Gasteiger partial charge in [-0.15, -0.1) is 11.3 Å². The minimum absolute atomic E-state index is 0.00624. The maximum Gasteiger partial charge on any atom is 0.351 e. The lowest BCUT2D eigenvalue weighted by molar-refractivity contribution is 0.0697. The number of rotatable bonds is 5. The van der Waals surface area contributed by atoms with Crippen molar-refractivity contribution in [3.8, 4) is 16.5 Å². The van der Waals surface area contributed by atoms with Crippen molar-refractivity contribution in [3.63, 3.8) is 0 Å². The third kappa shape index (κ3) is 3.72. The molecular formula is C17H11ClFNO3S. The van der Waals surface area contributed by atoms with Crippen LogP contribution >= 0.6 is 22.9 Å². The van der Waals surface area contributed by atoms with Gasteiger partial charge in [0.05, 0.1) is 0 Å². The second kappa shape index (κ2) is 6.98. The van der Waals surface area contributed by atoms with Gasteiger partial charge in [-0.1, -0.05) is 35.9 Å². The molecule has 1 aromatic heterocycles. The first kappa shape index (κ1) is 16.4. The zero-order chi connectivity index (χ0) is 17.1. The zero-order valence-electron chi connectivity index (χ0n) is 12.2. The molecule has 1 N–H and O–H groups in total. The summed E-state index contributed by atoms with van der Waals surface area (Å²) in [7, 11) is 0. The molecule has 4 nitrogen and oxygen atoms in total. The number of hydrogen-bond donors (Lipinski definition) is 1. The number of benzene rings is 2. The first-order chi connectivity index (χ1) is 11.5. The number of hydrogen-bond acceptors (Lipinski definition) is 4. The van der Waals surface area contributed by atoms with Crippen LogP contribution < -0.4 is 4.74 Å². The predicted molar refractivity (Wildman–Crippen MR) is 90.3 cm³/mol. The lowest BCUT2D eigenvalue weighted by Gasteiger charge is -2.04. The van der Waals surface area contributed by atoms with E-state index < -0.39 is 11.8 Å². The van der Waals surface area contributed by atoms with Crippen molar-refractivity contribution >= 4 is 28.9 Å². The van der Waals surface area contributed by atoms with Gasteiger partial charge in [-0.2, -0.15) is 0 Å². The molecule has 3 rings (SSSR count). The molecule has 0 spiro atoms. The minimum atomic E-state index is -1.14. The molecule has 0 saturated carbocycles. The Morgan fingerprint density at radius 1 is 1.25 bits per heavy atom. The van der Waals surface area contributed by atoms with E-state index in [1.807, 2.05) is 6.07 Å². The molecule has 0 radical (unpaired) electrons. The number of halogens is 2. The lowest BCUT2D eigenvalue weighted by atomic mass is 10.2. The Bertz CT molecular complexity index is 897. The Hall–Kier alpha value is -2.44. The molecule has 0 aliphatic heterocycles. The van der Waals surface area contributed by atoms with Crippen molar-refractivity contribution in [2.24, 2.45) is 0 Å². The smallest absolute Gasteiger partial charge is 0.351 e. The predicted octanol–water partition coefficient (Wildman–Crippen LogP) is 4.88. The maximum absolute atomic E-state index is 13.3. The largest absolute Gasteiger partial charge is 0.477 e. The molecule has 1 heterocycles. The van der Waals surface area contributed by atoms with Crippen LogP contribution in [0.5, 0.6) is 5.88 Å². The molecule has 7 heteroatoms. The highest BCUT2D eigenvalue weighted by Crippen LogP contribution is 2.33. The van der Waals surface area contributed by atoms with Crippen LogP contribution in [0.3, 0.4) is 0 Å². The van der Waals surface area contributed by atoms with Crippen LogP contribution in [0.1, 0.15) is 15.2 Å². The summed E-state index contributed by atoms with van der Waals surface area (Å²) in [4.78, 5) is 15.6. The fourth-order valence-electron chi connectivity index (χ4n) is 2.06. The van der Waals surface area contributed by atoms with Gasteiger partial charge in [0, 0.05) is 10.6 Å². The van der Waals surface area contributed by atoms with E-state index in [0.717, 1.165) is 16.9 Å². The van der Waals surface area contributed by atoms with E-state index >= 15 is 0 Å². The van der Waals surface area contributed by atoms with E-state index in [1.165, 1.54) is 12.1 Å². The van der Waals surface area contributed by atoms with E-state index in [9.17, 15) is 14.3 Å². The zero-order valence-corrected chi connectivity index (χ0v) is 13.8. The summed E-state index contributed by atoms with van der Waals surface area (Å²) in [6.45, 7) is 0.132. The highest BCUT2D eigenvalue weighted by Gasteiger charge is 2.20. The number of carbonyl (C=O) groups is 1. The molecule has 0 amide bonds. The Balaban J connectivity index is 1.88. The van der Waals surface area contributed by atoms with Gasteiger partial charge in [-0.25, -0.2) is 14.2 Å². The molecule has 0 atom stereocenters. The SMILES string of the molecule is O=C(O)c1sc(-c2cccc(F)c2)nc1OCc1cccc(Cl)c1. The number of thiazole rings is 1. The molecule has 24 heavy (non-hydrogen) atoms. The van der Waals surface area contributed by atoms with Gasteiger partial charge in [0.1, 0.15) is 17.4 Å². The number of nitrogens with zero attached hydrogens (tertiary/aromatic N) is 1. The molecule has 0 aliphatic rings. The number of aromatic nitrogens is 1. The summed E-state index contributed by atoms with van der Waals surface area (Å²) in [5.41, 5.74) is 1.29. The quantitative estimate of drug-likeness (QED) is 0.701. The number of ether oxygens (including phenoxy) is 1. The molecule has 122 valence electrons. The topological polar surface area (TPSA) is 59.4 Å². The van der Waals surface area contributed by atoms with Gasteiger partial charge in [-0.3, -0.25) is 0 Å². The second-order valence-corrected chi connectivity index (χ2v) is 6.32. The third-order valence-corrected chi connectivity index (χ3v) is 4.44. The van der Waals surface area contributed by atoms with Gasteiger partial charge in [0.2, 0.25) is 5.88 Å². The summed E-state index contributed by atoms with van der Waals surface area (Å²) in [6.07, 6.45) is 0. The van der Waals surface area contributed by atoms with Crippen LogP contribution in [-0.4, -0.2) is 16.1 Å². The minimum Gasteiger partial charge on any atom is -0.477 e. The van der Waals surface area contributed by atoms with Crippen LogP contribution in [0.2, 0.25) is 5.02 Å². The highest BCUT2D eigenvalue weighted by atomic mass is 35.5. The summed E-state index contributed by atoms with van der Waals surface area (Å²) in [6, 6.07) is 12.9. The van der Waals surface area contributed by atoms with Crippen molar-refractivity contribution in [1.29, 1.82) is 0 Å². The fraction of sp³-hybridized carbons (Fsp3) is 0.0588. The number of carboxylic acids is 1. The van der Waals surface area contributed by atoms with Crippen LogP contribution in [0, 0.1) is 5.82 Å². The Kier molecular flexibility index (Phi) is 4.78. The highest BCUT2D eigenvalue weighted by molar-refractivity contribution is 7.17. The van der Waals surface area contributed by atoms with Crippen molar-refractivity contribution < 1.29 is 19.0 Å². The van der Waals surface area contributed by atoms with Gasteiger partial charge in [0.15, 0.2) is 4.88 Å². The summed E-state index contributed by atoms with van der Waals surface area (Å²) >= 11 is 6.85. The molecule has 0 unspecified atom stereocenters. The van der Waals surface area contributed by atoms with Gasteiger partial charge < -0.3 is 9.84 Å². The molecule has 0 bridgehead atoms. The van der Waals surface area contributed by atoms with Crippen LogP contribution in [0.4, 0.5) is 4.39 Å². The standard InChI is InChI=1S/C17H11ClFNO3S/c18-12-5-1-3-10(7-12)9-23-15-14(17(21)22)24-16(20-15)11-4-2-6-13(19)8-11/h1-8H,9H2,(H,21,22). The van der Waals surface area contributed by atoms with Gasteiger partial charge in [-0.05, 0) is 29.8 Å². The van der Waals surface area contributed by atoms with E-state index in [-0.39, 0.29) is 17.4 Å². The van der Waals surface area contributed by atoms with Crippen molar-refractivity contribution in [3.05, 3.63) is 69.8 Å². The van der Waals surface area contributed by atoms with Crippen LogP contribution in [-0.2, 0) is 6.61 Å². The van der Waals surface area contributed by atoms with E-state index in [0.29, 0.717) is 15.6 Å². The molecule has 0 saturated heterocycles. The normalized spacial score (nSPS) is 10.6. The second-order valence-electron chi connectivity index (χ2n) is 4.89. The fourth-order valence-corrected chi connectivity index (χ4v) is 3.12. The first-order valence-electron chi connectivity index (χ1n) is 6.90.